The number of nitrogens with zero attached hydrogens (tertiary/aromatic N) is 2. The van der Waals surface area contributed by atoms with Crippen molar-refractivity contribution in [1.29, 1.82) is 0 Å². The molecule has 4 aromatic heterocycles. The standard InChI is InChI=1S/C67H49BN2O4S/c1-35(2)40-31-47(36(3)4)61(48(32-40)37(5)6)68-53-21-9-12-24-59(53)75-60-34-50(39-26-28-58-52(30-39)67(74)46-20-14-18-44-63(46)70(58)56-23-11-8-16-42(56)65(44)72)49(33-54(60)68)38-25-27-57-51(29-38)66(73)45-19-13-17-43-62(45)69(57)55-22-10-7-15-41(55)64(43)71/h7-37H,1-6H3. The van der Waals surface area contributed by atoms with Crippen molar-refractivity contribution in [3.05, 3.63) is 227 Å². The van der Waals surface area contributed by atoms with E-state index in [1.807, 2.05) is 103 Å². The van der Waals surface area contributed by atoms with Crippen LogP contribution in [-0.2, 0) is 0 Å². The van der Waals surface area contributed by atoms with Crippen molar-refractivity contribution < 1.29 is 0 Å². The zero-order chi connectivity index (χ0) is 51.3. The Balaban J connectivity index is 1.10. The van der Waals surface area contributed by atoms with Crippen LogP contribution in [-0.4, -0.2) is 15.5 Å². The molecule has 0 N–H and O–H groups in total. The van der Waals surface area contributed by atoms with Crippen LogP contribution in [0.15, 0.2) is 199 Å². The summed E-state index contributed by atoms with van der Waals surface area (Å²) in [6, 6.07) is 56.9. The summed E-state index contributed by atoms with van der Waals surface area (Å²) in [6.07, 6.45) is 0. The molecule has 0 saturated heterocycles. The molecule has 9 aromatic carbocycles. The van der Waals surface area contributed by atoms with Gasteiger partial charge in [-0.15, -0.1) is 0 Å². The molecule has 13 aromatic rings. The Morgan fingerprint density at radius 1 is 0.373 bits per heavy atom. The first-order chi connectivity index (χ1) is 36.4. The topological polar surface area (TPSA) is 77.1 Å². The van der Waals surface area contributed by atoms with Gasteiger partial charge < -0.3 is 8.80 Å². The van der Waals surface area contributed by atoms with Crippen molar-refractivity contribution >= 4 is 111 Å². The van der Waals surface area contributed by atoms with Crippen molar-refractivity contribution in [2.24, 2.45) is 0 Å². The molecule has 1 aliphatic rings. The number of hydrogen-bond donors (Lipinski definition) is 0. The average molecular weight is 989 g/mol. The third-order valence-electron chi connectivity index (χ3n) is 16.2. The molecule has 0 unspecified atom stereocenters. The maximum Gasteiger partial charge on any atom is 0.244 e. The van der Waals surface area contributed by atoms with Crippen LogP contribution in [0.4, 0.5) is 0 Å². The van der Waals surface area contributed by atoms with Crippen LogP contribution in [0.3, 0.4) is 0 Å². The minimum atomic E-state index is -0.139. The van der Waals surface area contributed by atoms with Gasteiger partial charge >= 0.3 is 0 Å². The molecular weight excluding hydrogens is 940 g/mol. The number of pyridine rings is 4. The second-order valence-corrected chi connectivity index (χ2v) is 22.6. The van der Waals surface area contributed by atoms with Gasteiger partial charge in [0.05, 0.1) is 33.1 Å². The largest absolute Gasteiger partial charge is 0.308 e. The molecule has 0 aliphatic carbocycles. The van der Waals surface area contributed by atoms with Crippen molar-refractivity contribution in [2.45, 2.75) is 69.1 Å². The van der Waals surface area contributed by atoms with Gasteiger partial charge in [0.25, 0.3) is 0 Å². The van der Waals surface area contributed by atoms with Gasteiger partial charge in [0.2, 0.25) is 6.71 Å². The number of para-hydroxylation sites is 4. The van der Waals surface area contributed by atoms with Crippen molar-refractivity contribution in [2.75, 3.05) is 0 Å². The fourth-order valence-corrected chi connectivity index (χ4v) is 13.8. The SMILES string of the molecule is CC(C)c1cc(C(C)C)c(B2c3ccccc3Sc3cc(-c4ccc5c(c4)c(=O)c4cccc6c(=O)c7ccccc7n5c64)c(-c4ccc5c(c4)c(=O)c4cccc6c(=O)c7ccccc7n5c64)cc32)c(C(C)C)c1. The molecule has 8 heteroatoms. The summed E-state index contributed by atoms with van der Waals surface area (Å²) >= 11 is 1.78. The van der Waals surface area contributed by atoms with E-state index in [9.17, 15) is 9.59 Å². The molecule has 0 spiro atoms. The van der Waals surface area contributed by atoms with Crippen LogP contribution in [0.1, 0.15) is 76.0 Å². The van der Waals surface area contributed by atoms with Crippen LogP contribution < -0.4 is 38.1 Å². The number of benzene rings is 9. The van der Waals surface area contributed by atoms with E-state index in [0.29, 0.717) is 60.0 Å². The molecule has 14 rings (SSSR count). The molecule has 0 radical (unpaired) electrons. The Kier molecular flexibility index (Phi) is 10.0. The summed E-state index contributed by atoms with van der Waals surface area (Å²) in [6.45, 7) is 13.7. The second kappa shape index (κ2) is 16.6. The summed E-state index contributed by atoms with van der Waals surface area (Å²) in [7, 11) is 0. The van der Waals surface area contributed by atoms with Crippen molar-refractivity contribution in [3.8, 4) is 22.3 Å². The molecule has 1 aliphatic heterocycles. The fraction of sp³-hybridized carbons (Fsp3) is 0.134. The van der Waals surface area contributed by atoms with Crippen LogP contribution in [0.25, 0.3) is 98.4 Å². The zero-order valence-electron chi connectivity index (χ0n) is 42.4. The molecule has 0 bridgehead atoms. The molecule has 360 valence electrons. The number of fused-ring (bicyclic) bond motifs is 10. The van der Waals surface area contributed by atoms with Gasteiger partial charge in [0, 0.05) is 52.9 Å². The molecule has 0 saturated carbocycles. The predicted molar refractivity (Wildman–Crippen MR) is 316 cm³/mol. The minimum absolute atomic E-state index is 0.0926. The fourth-order valence-electron chi connectivity index (χ4n) is 12.6. The Morgan fingerprint density at radius 2 is 0.800 bits per heavy atom. The van der Waals surface area contributed by atoms with Crippen LogP contribution >= 0.6 is 11.8 Å². The first kappa shape index (κ1) is 45.3. The highest BCUT2D eigenvalue weighted by atomic mass is 32.2. The average Bonchev–Trinajstić information content (AvgIpc) is 3.43. The highest BCUT2D eigenvalue weighted by molar-refractivity contribution is 8.00. The Labute approximate surface area is 436 Å². The normalized spacial score (nSPS) is 12.9. The van der Waals surface area contributed by atoms with E-state index in [1.54, 1.807) is 17.8 Å². The van der Waals surface area contributed by atoms with E-state index in [4.69, 9.17) is 0 Å². The second-order valence-electron chi connectivity index (χ2n) is 21.5. The first-order valence-electron chi connectivity index (χ1n) is 26.0. The van der Waals surface area contributed by atoms with Gasteiger partial charge in [-0.3, -0.25) is 19.2 Å². The Morgan fingerprint density at radius 3 is 1.29 bits per heavy atom. The summed E-state index contributed by atoms with van der Waals surface area (Å²) in [5.74, 6) is 0.870. The van der Waals surface area contributed by atoms with E-state index in [2.05, 4.69) is 111 Å². The Hall–Kier alpha value is -8.33. The lowest BCUT2D eigenvalue weighted by Gasteiger charge is -2.33. The quantitative estimate of drug-likeness (QED) is 0.0942. The van der Waals surface area contributed by atoms with Gasteiger partial charge in [-0.1, -0.05) is 155 Å². The van der Waals surface area contributed by atoms with E-state index in [-0.39, 0.29) is 40.3 Å². The highest BCUT2D eigenvalue weighted by Gasteiger charge is 2.37. The molecule has 0 amide bonds. The van der Waals surface area contributed by atoms with E-state index in [1.165, 1.54) is 38.0 Å². The molecular formula is C67H49BN2O4S. The van der Waals surface area contributed by atoms with Gasteiger partial charge in [0.15, 0.2) is 21.7 Å². The van der Waals surface area contributed by atoms with E-state index >= 15 is 9.59 Å². The Bertz CT molecular complexity index is 4870. The number of hydrogen-bond acceptors (Lipinski definition) is 5. The number of aromatic nitrogens is 2. The third kappa shape index (κ3) is 6.48. The molecule has 6 nitrogen and oxygen atoms in total. The summed E-state index contributed by atoms with van der Waals surface area (Å²) in [5.41, 5.74) is 15.1. The molecule has 75 heavy (non-hydrogen) atoms. The van der Waals surface area contributed by atoms with E-state index < -0.39 is 0 Å². The third-order valence-corrected chi connectivity index (χ3v) is 17.4. The molecule has 5 heterocycles. The predicted octanol–water partition coefficient (Wildman–Crippen LogP) is 13.1. The summed E-state index contributed by atoms with van der Waals surface area (Å²) in [4.78, 5) is 60.3. The monoisotopic (exact) mass is 988 g/mol. The smallest absolute Gasteiger partial charge is 0.244 e. The maximum atomic E-state index is 15.1. The highest BCUT2D eigenvalue weighted by Crippen LogP contribution is 2.42. The van der Waals surface area contributed by atoms with Gasteiger partial charge in [0.1, 0.15) is 0 Å². The number of rotatable bonds is 6. The first-order valence-corrected chi connectivity index (χ1v) is 26.8. The minimum Gasteiger partial charge on any atom is -0.308 e. The lowest BCUT2D eigenvalue weighted by atomic mass is 9.34. The lowest BCUT2D eigenvalue weighted by Crippen LogP contribution is -2.57. The summed E-state index contributed by atoms with van der Waals surface area (Å²) in [5, 5.41) is 4.28. The van der Waals surface area contributed by atoms with Crippen molar-refractivity contribution in [3.63, 3.8) is 0 Å². The van der Waals surface area contributed by atoms with Gasteiger partial charge in [-0.05, 0) is 142 Å². The maximum absolute atomic E-state index is 15.1. The van der Waals surface area contributed by atoms with Crippen molar-refractivity contribution in [1.82, 2.24) is 8.80 Å². The zero-order valence-corrected chi connectivity index (χ0v) is 43.2. The van der Waals surface area contributed by atoms with Crippen LogP contribution in [0.5, 0.6) is 0 Å². The summed E-state index contributed by atoms with van der Waals surface area (Å²) < 4.78 is 4.17. The van der Waals surface area contributed by atoms with Gasteiger partial charge in [-0.25, -0.2) is 0 Å². The molecule has 0 fully saturated rings. The van der Waals surface area contributed by atoms with Gasteiger partial charge in [-0.2, -0.15) is 0 Å². The van der Waals surface area contributed by atoms with Crippen LogP contribution in [0, 0.1) is 0 Å². The van der Waals surface area contributed by atoms with Crippen LogP contribution in [0.2, 0.25) is 0 Å². The lowest BCUT2D eigenvalue weighted by molar-refractivity contribution is 0.812. The molecule has 0 atom stereocenters. The van der Waals surface area contributed by atoms with E-state index in [0.717, 1.165) is 49.2 Å².